The first-order valence-corrected chi connectivity index (χ1v) is 8.67. The Morgan fingerprint density at radius 3 is 2.38 bits per heavy atom. The molecule has 0 aliphatic heterocycles. The first-order valence-electron chi connectivity index (χ1n) is 6.37. The van der Waals surface area contributed by atoms with Crippen molar-refractivity contribution in [3.63, 3.8) is 0 Å². The predicted molar refractivity (Wildman–Crippen MR) is 83.3 cm³/mol. The van der Waals surface area contributed by atoms with Gasteiger partial charge in [-0.2, -0.15) is 4.98 Å². The van der Waals surface area contributed by atoms with Gasteiger partial charge in [-0.05, 0) is 26.3 Å². The summed E-state index contributed by atoms with van der Waals surface area (Å²) in [6.07, 6.45) is 0. The zero-order valence-electron chi connectivity index (χ0n) is 12.7. The lowest BCUT2D eigenvalue weighted by Crippen LogP contribution is -2.24. The molecule has 0 spiro atoms. The summed E-state index contributed by atoms with van der Waals surface area (Å²) in [6, 6.07) is 0. The Kier molecular flexibility index (Phi) is 4.35. The average molecular weight is 329 g/mol. The number of thiophene rings is 1. The Bertz CT molecular complexity index is 746. The molecule has 2 N–H and O–H groups in total. The van der Waals surface area contributed by atoms with Crippen LogP contribution in [0.3, 0.4) is 0 Å². The Balaban J connectivity index is 2.18. The number of H-pyrrole nitrogens is 1. The van der Waals surface area contributed by atoms with Gasteiger partial charge in [0.05, 0.1) is 11.4 Å². The van der Waals surface area contributed by atoms with Gasteiger partial charge < -0.3 is 4.90 Å². The molecule has 7 nitrogen and oxygen atoms in total. The Morgan fingerprint density at radius 1 is 1.24 bits per heavy atom. The van der Waals surface area contributed by atoms with Crippen LogP contribution in [0.25, 0.3) is 0 Å². The van der Waals surface area contributed by atoms with Crippen LogP contribution in [0.1, 0.15) is 21.1 Å². The number of nitrogens with one attached hydrogen (secondary N) is 2. The number of anilines is 1. The van der Waals surface area contributed by atoms with Crippen LogP contribution in [-0.2, 0) is 16.6 Å². The third kappa shape index (κ3) is 3.25. The van der Waals surface area contributed by atoms with E-state index >= 15 is 0 Å². The largest absolute Gasteiger partial charge is 0.346 e. The van der Waals surface area contributed by atoms with Gasteiger partial charge in [-0.1, -0.05) is 0 Å². The summed E-state index contributed by atoms with van der Waals surface area (Å²) in [7, 11) is 0.0839. The van der Waals surface area contributed by atoms with Gasteiger partial charge in [0.2, 0.25) is 16.0 Å². The average Bonchev–Trinajstić information content (AvgIpc) is 2.93. The maximum Gasteiger partial charge on any atom is 0.244 e. The first kappa shape index (κ1) is 15.9. The highest BCUT2D eigenvalue weighted by Crippen LogP contribution is 2.30. The van der Waals surface area contributed by atoms with Gasteiger partial charge in [0.15, 0.2) is 0 Å². The molecule has 0 aliphatic rings. The highest BCUT2D eigenvalue weighted by Gasteiger charge is 2.23. The topological polar surface area (TPSA) is 91.0 Å². The zero-order valence-corrected chi connectivity index (χ0v) is 14.3. The monoisotopic (exact) mass is 329 g/mol. The minimum absolute atomic E-state index is 0.0803. The van der Waals surface area contributed by atoms with E-state index in [4.69, 9.17) is 0 Å². The lowest BCUT2D eigenvalue weighted by molar-refractivity contribution is 0.578. The SMILES string of the molecule is Cc1sc(C)c(S(=O)(=O)NCc2nc(N(C)C)n[nH]2)c1C. The molecule has 0 unspecified atom stereocenters. The lowest BCUT2D eigenvalue weighted by atomic mass is 10.3. The van der Waals surface area contributed by atoms with Crippen molar-refractivity contribution in [2.45, 2.75) is 32.2 Å². The molecule has 0 saturated carbocycles. The number of rotatable bonds is 5. The Morgan fingerprint density at radius 2 is 1.90 bits per heavy atom. The molecule has 116 valence electrons. The molecule has 0 bridgehead atoms. The van der Waals surface area contributed by atoms with E-state index in [-0.39, 0.29) is 6.54 Å². The van der Waals surface area contributed by atoms with E-state index < -0.39 is 10.0 Å². The van der Waals surface area contributed by atoms with Crippen molar-refractivity contribution in [3.8, 4) is 0 Å². The second-order valence-corrected chi connectivity index (χ2v) is 8.10. The fraction of sp³-hybridized carbons (Fsp3) is 0.500. The predicted octanol–water partition coefficient (Wildman–Crippen LogP) is 1.34. The Hall–Kier alpha value is -1.45. The lowest BCUT2D eigenvalue weighted by Gasteiger charge is -2.06. The number of aryl methyl sites for hydroxylation is 2. The van der Waals surface area contributed by atoms with Crippen LogP contribution in [0.4, 0.5) is 5.95 Å². The van der Waals surface area contributed by atoms with Crippen molar-refractivity contribution in [3.05, 3.63) is 21.1 Å². The highest BCUT2D eigenvalue weighted by molar-refractivity contribution is 7.89. The number of hydrogen-bond acceptors (Lipinski definition) is 6. The summed E-state index contributed by atoms with van der Waals surface area (Å²) < 4.78 is 27.4. The van der Waals surface area contributed by atoms with E-state index in [1.807, 2.05) is 34.9 Å². The van der Waals surface area contributed by atoms with Crippen molar-refractivity contribution in [2.75, 3.05) is 19.0 Å². The third-order valence-corrected chi connectivity index (χ3v) is 6.04. The van der Waals surface area contributed by atoms with E-state index in [0.29, 0.717) is 16.7 Å². The first-order chi connectivity index (χ1) is 9.72. The molecule has 0 aliphatic carbocycles. The third-order valence-electron chi connectivity index (χ3n) is 3.11. The molecule has 0 amide bonds. The molecule has 2 rings (SSSR count). The van der Waals surface area contributed by atoms with Crippen LogP contribution < -0.4 is 9.62 Å². The molecule has 0 fully saturated rings. The molecule has 9 heteroatoms. The molecule has 0 radical (unpaired) electrons. The smallest absolute Gasteiger partial charge is 0.244 e. The van der Waals surface area contributed by atoms with Crippen molar-refractivity contribution in [1.29, 1.82) is 0 Å². The van der Waals surface area contributed by atoms with Crippen molar-refractivity contribution < 1.29 is 8.42 Å². The van der Waals surface area contributed by atoms with Gasteiger partial charge in [-0.15, -0.1) is 16.4 Å². The number of sulfonamides is 1. The zero-order chi connectivity index (χ0) is 15.8. The van der Waals surface area contributed by atoms with Crippen LogP contribution in [0.15, 0.2) is 4.90 Å². The van der Waals surface area contributed by atoms with Crippen molar-refractivity contribution >= 4 is 27.3 Å². The molecule has 0 saturated heterocycles. The summed E-state index contributed by atoms with van der Waals surface area (Å²) in [5.41, 5.74) is 0.802. The van der Waals surface area contributed by atoms with E-state index in [2.05, 4.69) is 19.9 Å². The number of nitrogens with zero attached hydrogens (tertiary/aromatic N) is 3. The summed E-state index contributed by atoms with van der Waals surface area (Å²) >= 11 is 1.49. The van der Waals surface area contributed by atoms with Crippen LogP contribution in [0, 0.1) is 20.8 Å². The normalized spacial score (nSPS) is 11.9. The summed E-state index contributed by atoms with van der Waals surface area (Å²) in [4.78, 5) is 8.12. The quantitative estimate of drug-likeness (QED) is 0.864. The summed E-state index contributed by atoms with van der Waals surface area (Å²) in [5, 5.41) is 6.70. The molecule has 2 aromatic rings. The van der Waals surface area contributed by atoms with E-state index in [9.17, 15) is 8.42 Å². The van der Waals surface area contributed by atoms with Crippen LogP contribution in [0.2, 0.25) is 0 Å². The fourth-order valence-corrected chi connectivity index (χ4v) is 4.85. The molecule has 2 aromatic heterocycles. The Labute approximate surface area is 128 Å². The minimum atomic E-state index is -3.55. The molecule has 21 heavy (non-hydrogen) atoms. The number of aromatic amines is 1. The molecule has 0 atom stereocenters. The summed E-state index contributed by atoms with van der Waals surface area (Å²) in [5.74, 6) is 0.993. The molecule has 0 aromatic carbocycles. The van der Waals surface area contributed by atoms with Gasteiger partial charge in [-0.25, -0.2) is 13.1 Å². The molecular formula is C12H19N5O2S2. The molecular weight excluding hydrogens is 310 g/mol. The second-order valence-electron chi connectivity index (χ2n) is 4.97. The minimum Gasteiger partial charge on any atom is -0.346 e. The standard InChI is InChI=1S/C12H19N5O2S2/c1-7-8(2)20-9(3)11(7)21(18,19)13-6-10-14-12(16-15-10)17(4)5/h13H,6H2,1-5H3,(H,14,15,16). The van der Waals surface area contributed by atoms with E-state index in [1.165, 1.54) is 11.3 Å². The van der Waals surface area contributed by atoms with E-state index in [0.717, 1.165) is 15.3 Å². The molecule has 2 heterocycles. The van der Waals surface area contributed by atoms with Crippen LogP contribution in [-0.4, -0.2) is 37.7 Å². The number of aromatic nitrogens is 3. The number of hydrogen-bond donors (Lipinski definition) is 2. The van der Waals surface area contributed by atoms with Gasteiger partial charge in [0.25, 0.3) is 0 Å². The van der Waals surface area contributed by atoms with Crippen molar-refractivity contribution in [1.82, 2.24) is 19.9 Å². The van der Waals surface area contributed by atoms with Crippen LogP contribution >= 0.6 is 11.3 Å². The van der Waals surface area contributed by atoms with Gasteiger partial charge in [0, 0.05) is 23.8 Å². The fourth-order valence-electron chi connectivity index (χ4n) is 1.97. The van der Waals surface area contributed by atoms with Crippen molar-refractivity contribution in [2.24, 2.45) is 0 Å². The summed E-state index contributed by atoms with van der Waals surface area (Å²) in [6.45, 7) is 5.65. The maximum atomic E-state index is 12.4. The van der Waals surface area contributed by atoms with E-state index in [1.54, 1.807) is 4.90 Å². The highest BCUT2D eigenvalue weighted by atomic mass is 32.2. The van der Waals surface area contributed by atoms with Gasteiger partial charge >= 0.3 is 0 Å². The maximum absolute atomic E-state index is 12.4. The second kappa shape index (κ2) is 5.74. The van der Waals surface area contributed by atoms with Gasteiger partial charge in [0.1, 0.15) is 5.82 Å². The van der Waals surface area contributed by atoms with Crippen LogP contribution in [0.5, 0.6) is 0 Å². The van der Waals surface area contributed by atoms with Gasteiger partial charge in [-0.3, -0.25) is 5.10 Å².